The lowest BCUT2D eigenvalue weighted by atomic mass is 10.2. The second-order valence-electron chi connectivity index (χ2n) is 2.21. The van der Waals surface area contributed by atoms with Gasteiger partial charge in [0.05, 0.1) is 0 Å². The fraction of sp³-hybridized carbons (Fsp3) is 0. The summed E-state index contributed by atoms with van der Waals surface area (Å²) in [5, 5.41) is 8.20. The first-order valence-electron chi connectivity index (χ1n) is 3.35. The maximum atomic E-state index is 12.5. The van der Waals surface area contributed by atoms with Gasteiger partial charge < -0.3 is 5.11 Å². The second-order valence-corrected chi connectivity index (χ2v) is 2.21. The van der Waals surface area contributed by atoms with Crippen molar-refractivity contribution < 1.29 is 14.3 Å². The average molecular weight is 166 g/mol. The Kier molecular flexibility index (Phi) is 2.58. The molecule has 1 aromatic carbocycles. The standard InChI is InChI=1S/C9H7FO2/c10-8(9(11)12)6-7-4-2-1-3-5-7/h1-6H,(H,11,12)/b8-6-. The third-order valence-corrected chi connectivity index (χ3v) is 1.30. The van der Waals surface area contributed by atoms with E-state index in [0.29, 0.717) is 5.56 Å². The molecular weight excluding hydrogens is 159 g/mol. The van der Waals surface area contributed by atoms with Crippen molar-refractivity contribution in [3.63, 3.8) is 0 Å². The molecule has 0 saturated carbocycles. The number of rotatable bonds is 2. The van der Waals surface area contributed by atoms with Gasteiger partial charge in [0.25, 0.3) is 0 Å². The van der Waals surface area contributed by atoms with Crippen LogP contribution in [0.2, 0.25) is 0 Å². The molecule has 0 amide bonds. The molecule has 0 aliphatic heterocycles. The minimum atomic E-state index is -1.54. The van der Waals surface area contributed by atoms with E-state index in [-0.39, 0.29) is 0 Å². The fourth-order valence-corrected chi connectivity index (χ4v) is 0.757. The van der Waals surface area contributed by atoms with Gasteiger partial charge in [0, 0.05) is 0 Å². The minimum Gasteiger partial charge on any atom is -0.476 e. The highest BCUT2D eigenvalue weighted by Crippen LogP contribution is 2.06. The zero-order chi connectivity index (χ0) is 8.97. The molecule has 0 radical (unpaired) electrons. The molecule has 1 N–H and O–H groups in total. The van der Waals surface area contributed by atoms with Crippen molar-refractivity contribution >= 4 is 12.0 Å². The minimum absolute atomic E-state index is 0.539. The van der Waals surface area contributed by atoms with Gasteiger partial charge in [0.2, 0.25) is 5.83 Å². The van der Waals surface area contributed by atoms with E-state index in [1.165, 1.54) is 0 Å². The molecule has 0 heterocycles. The summed E-state index contributed by atoms with van der Waals surface area (Å²) in [7, 11) is 0. The molecule has 0 bridgehead atoms. The monoisotopic (exact) mass is 166 g/mol. The molecule has 0 aliphatic carbocycles. The smallest absolute Gasteiger partial charge is 0.364 e. The van der Waals surface area contributed by atoms with Crippen LogP contribution in [0.5, 0.6) is 0 Å². The Morgan fingerprint density at radius 3 is 2.42 bits per heavy atom. The molecule has 1 rings (SSSR count). The van der Waals surface area contributed by atoms with E-state index in [2.05, 4.69) is 0 Å². The predicted molar refractivity (Wildman–Crippen MR) is 43.2 cm³/mol. The van der Waals surface area contributed by atoms with Crippen molar-refractivity contribution in [2.75, 3.05) is 0 Å². The normalized spacial score (nSPS) is 11.2. The maximum absolute atomic E-state index is 12.5. The van der Waals surface area contributed by atoms with Crippen LogP contribution in [0.3, 0.4) is 0 Å². The Balaban J connectivity index is 2.89. The van der Waals surface area contributed by atoms with Gasteiger partial charge in [-0.15, -0.1) is 0 Å². The Hall–Kier alpha value is -1.64. The van der Waals surface area contributed by atoms with Crippen LogP contribution in [0.15, 0.2) is 36.2 Å². The van der Waals surface area contributed by atoms with E-state index < -0.39 is 11.8 Å². The summed E-state index contributed by atoms with van der Waals surface area (Å²) in [6, 6.07) is 8.45. The molecule has 2 nitrogen and oxygen atoms in total. The summed E-state index contributed by atoms with van der Waals surface area (Å²) in [6.07, 6.45) is 0.975. The third-order valence-electron chi connectivity index (χ3n) is 1.30. The van der Waals surface area contributed by atoms with Crippen LogP contribution in [-0.2, 0) is 4.79 Å². The van der Waals surface area contributed by atoms with Gasteiger partial charge >= 0.3 is 5.97 Å². The van der Waals surface area contributed by atoms with Crippen LogP contribution in [0, 0.1) is 0 Å². The Morgan fingerprint density at radius 2 is 1.92 bits per heavy atom. The zero-order valence-corrected chi connectivity index (χ0v) is 6.20. The molecule has 0 fully saturated rings. The lowest BCUT2D eigenvalue weighted by Crippen LogP contribution is -1.93. The highest BCUT2D eigenvalue weighted by atomic mass is 19.1. The number of carbonyl (C=O) groups is 1. The van der Waals surface area contributed by atoms with E-state index in [1.54, 1.807) is 30.3 Å². The highest BCUT2D eigenvalue weighted by molar-refractivity contribution is 5.89. The molecular formula is C9H7FO2. The van der Waals surface area contributed by atoms with Gasteiger partial charge in [-0.2, -0.15) is 4.39 Å². The van der Waals surface area contributed by atoms with E-state index in [0.717, 1.165) is 6.08 Å². The Bertz CT molecular complexity index is 304. The number of hydrogen-bond acceptors (Lipinski definition) is 1. The van der Waals surface area contributed by atoms with Gasteiger partial charge in [-0.3, -0.25) is 0 Å². The lowest BCUT2D eigenvalue weighted by molar-refractivity contribution is -0.134. The largest absolute Gasteiger partial charge is 0.476 e. The van der Waals surface area contributed by atoms with Crippen molar-refractivity contribution in [2.24, 2.45) is 0 Å². The summed E-state index contributed by atoms with van der Waals surface area (Å²) in [4.78, 5) is 10.1. The van der Waals surface area contributed by atoms with Crippen molar-refractivity contribution in [2.45, 2.75) is 0 Å². The predicted octanol–water partition coefficient (Wildman–Crippen LogP) is 2.08. The molecule has 0 saturated heterocycles. The van der Waals surface area contributed by atoms with Crippen LogP contribution >= 0.6 is 0 Å². The summed E-state index contributed by atoms with van der Waals surface area (Å²) < 4.78 is 12.5. The summed E-state index contributed by atoms with van der Waals surface area (Å²) >= 11 is 0. The molecule has 3 heteroatoms. The quantitative estimate of drug-likeness (QED) is 0.683. The molecule has 0 unspecified atom stereocenters. The topological polar surface area (TPSA) is 37.3 Å². The summed E-state index contributed by atoms with van der Waals surface area (Å²) in [5.41, 5.74) is 0.539. The van der Waals surface area contributed by atoms with E-state index in [1.807, 2.05) is 0 Å². The highest BCUT2D eigenvalue weighted by Gasteiger charge is 2.03. The van der Waals surface area contributed by atoms with E-state index >= 15 is 0 Å². The van der Waals surface area contributed by atoms with Gasteiger partial charge in [0.1, 0.15) is 0 Å². The maximum Gasteiger partial charge on any atom is 0.364 e. The van der Waals surface area contributed by atoms with Crippen molar-refractivity contribution in [1.82, 2.24) is 0 Å². The second kappa shape index (κ2) is 3.67. The average Bonchev–Trinajstić information content (AvgIpc) is 2.06. The summed E-state index contributed by atoms with van der Waals surface area (Å²) in [6.45, 7) is 0. The Labute approximate surface area is 69.0 Å². The Morgan fingerprint density at radius 1 is 1.33 bits per heavy atom. The number of carboxylic acids is 1. The van der Waals surface area contributed by atoms with Crippen molar-refractivity contribution in [1.29, 1.82) is 0 Å². The fourth-order valence-electron chi connectivity index (χ4n) is 0.757. The number of benzene rings is 1. The molecule has 62 valence electrons. The number of carboxylic acid groups (broad SMARTS) is 1. The summed E-state index contributed by atoms with van der Waals surface area (Å²) in [5.74, 6) is -2.69. The molecule has 12 heavy (non-hydrogen) atoms. The first-order valence-corrected chi connectivity index (χ1v) is 3.35. The molecule has 0 aromatic heterocycles. The van der Waals surface area contributed by atoms with Crippen molar-refractivity contribution in [3.05, 3.63) is 41.7 Å². The molecule has 0 spiro atoms. The van der Waals surface area contributed by atoms with Crippen molar-refractivity contribution in [3.8, 4) is 0 Å². The van der Waals surface area contributed by atoms with Crippen LogP contribution in [-0.4, -0.2) is 11.1 Å². The van der Waals surface area contributed by atoms with Gasteiger partial charge in [-0.1, -0.05) is 30.3 Å². The van der Waals surface area contributed by atoms with Gasteiger partial charge in [0.15, 0.2) is 0 Å². The first-order chi connectivity index (χ1) is 5.70. The van der Waals surface area contributed by atoms with E-state index in [4.69, 9.17) is 5.11 Å². The van der Waals surface area contributed by atoms with Crippen LogP contribution in [0.25, 0.3) is 6.08 Å². The van der Waals surface area contributed by atoms with Gasteiger partial charge in [-0.05, 0) is 11.6 Å². The van der Waals surface area contributed by atoms with Crippen LogP contribution < -0.4 is 0 Å². The molecule has 0 atom stereocenters. The molecule has 0 aliphatic rings. The molecule has 1 aromatic rings. The van der Waals surface area contributed by atoms with Crippen LogP contribution in [0.1, 0.15) is 5.56 Å². The zero-order valence-electron chi connectivity index (χ0n) is 6.20. The SMILES string of the molecule is O=C(O)/C(F)=C/c1ccccc1. The van der Waals surface area contributed by atoms with Crippen LogP contribution in [0.4, 0.5) is 4.39 Å². The third kappa shape index (κ3) is 2.20. The number of halogens is 1. The first kappa shape index (κ1) is 8.46. The number of hydrogen-bond donors (Lipinski definition) is 1. The van der Waals surface area contributed by atoms with Gasteiger partial charge in [-0.25, -0.2) is 4.79 Å². The lowest BCUT2D eigenvalue weighted by Gasteiger charge is -1.90. The number of aliphatic carboxylic acids is 1. The van der Waals surface area contributed by atoms with E-state index in [9.17, 15) is 9.18 Å².